The lowest BCUT2D eigenvalue weighted by atomic mass is 10.0. The minimum atomic E-state index is -0.481. The number of rotatable bonds is 3. The van der Waals surface area contributed by atoms with Gasteiger partial charge in [0.05, 0.1) is 7.11 Å². The molecule has 1 amide bonds. The van der Waals surface area contributed by atoms with Crippen LogP contribution in [0.15, 0.2) is 12.3 Å². The van der Waals surface area contributed by atoms with Gasteiger partial charge in [-0.15, -0.1) is 0 Å². The topological polar surface area (TPSA) is 64.4 Å². The maximum atomic E-state index is 12.5. The van der Waals surface area contributed by atoms with Crippen LogP contribution in [0.1, 0.15) is 49.6 Å². The van der Waals surface area contributed by atoms with Crippen LogP contribution in [0.2, 0.25) is 0 Å². The summed E-state index contributed by atoms with van der Waals surface area (Å²) in [6.07, 6.45) is 4.28. The molecule has 0 bridgehead atoms. The Morgan fingerprint density at radius 1 is 1.40 bits per heavy atom. The van der Waals surface area contributed by atoms with E-state index < -0.39 is 6.04 Å². The normalized spacial score (nSPS) is 19.2. The van der Waals surface area contributed by atoms with E-state index in [0.717, 1.165) is 12.8 Å². The van der Waals surface area contributed by atoms with Gasteiger partial charge in [-0.05, 0) is 39.2 Å². The third kappa shape index (κ3) is 2.84. The standard InChI is InChI=1S/C14H21N3O3/c1-10(2)17-9-7-11(15-17)13(18)16-8-5-4-6-12(16)14(19)20-3/h7,9-10,12H,4-6,8H2,1-3H3/t12-/m1/s1. The van der Waals surface area contributed by atoms with Gasteiger partial charge in [-0.1, -0.05) is 0 Å². The maximum absolute atomic E-state index is 12.5. The van der Waals surface area contributed by atoms with E-state index in [2.05, 4.69) is 5.10 Å². The van der Waals surface area contributed by atoms with Gasteiger partial charge in [-0.25, -0.2) is 4.79 Å². The molecule has 20 heavy (non-hydrogen) atoms. The molecule has 6 nitrogen and oxygen atoms in total. The van der Waals surface area contributed by atoms with Crippen molar-refractivity contribution >= 4 is 11.9 Å². The highest BCUT2D eigenvalue weighted by Gasteiger charge is 2.34. The minimum Gasteiger partial charge on any atom is -0.467 e. The Labute approximate surface area is 118 Å². The van der Waals surface area contributed by atoms with Crippen molar-refractivity contribution in [2.24, 2.45) is 0 Å². The summed E-state index contributed by atoms with van der Waals surface area (Å²) in [5.41, 5.74) is 0.384. The summed E-state index contributed by atoms with van der Waals surface area (Å²) in [6.45, 7) is 4.58. The highest BCUT2D eigenvalue weighted by Crippen LogP contribution is 2.20. The number of carbonyl (C=O) groups is 2. The Hall–Kier alpha value is -1.85. The third-order valence-corrected chi connectivity index (χ3v) is 3.59. The van der Waals surface area contributed by atoms with Crippen LogP contribution < -0.4 is 0 Å². The van der Waals surface area contributed by atoms with Crippen molar-refractivity contribution in [1.82, 2.24) is 14.7 Å². The second-order valence-electron chi connectivity index (χ2n) is 5.31. The van der Waals surface area contributed by atoms with Crippen molar-refractivity contribution in [3.8, 4) is 0 Å². The number of esters is 1. The first-order valence-corrected chi connectivity index (χ1v) is 6.98. The summed E-state index contributed by atoms with van der Waals surface area (Å²) in [5.74, 6) is -0.541. The van der Waals surface area contributed by atoms with Crippen LogP contribution in [-0.4, -0.2) is 46.3 Å². The van der Waals surface area contributed by atoms with Gasteiger partial charge in [0.15, 0.2) is 0 Å². The molecule has 1 fully saturated rings. The van der Waals surface area contributed by atoms with Gasteiger partial charge in [0.1, 0.15) is 11.7 Å². The van der Waals surface area contributed by atoms with Crippen LogP contribution in [0.4, 0.5) is 0 Å². The fourth-order valence-corrected chi connectivity index (χ4v) is 2.44. The lowest BCUT2D eigenvalue weighted by Gasteiger charge is -2.33. The number of carbonyl (C=O) groups excluding carboxylic acids is 2. The summed E-state index contributed by atoms with van der Waals surface area (Å²) in [6, 6.07) is 1.42. The molecular weight excluding hydrogens is 258 g/mol. The van der Waals surface area contributed by atoms with E-state index >= 15 is 0 Å². The molecule has 0 saturated carbocycles. The molecule has 6 heteroatoms. The second-order valence-corrected chi connectivity index (χ2v) is 5.31. The van der Waals surface area contributed by atoms with E-state index in [1.54, 1.807) is 21.8 Å². The zero-order valence-corrected chi connectivity index (χ0v) is 12.2. The average molecular weight is 279 g/mol. The first kappa shape index (κ1) is 14.6. The first-order chi connectivity index (χ1) is 9.54. The number of nitrogens with zero attached hydrogens (tertiary/aromatic N) is 3. The van der Waals surface area contributed by atoms with Crippen molar-refractivity contribution in [2.45, 2.75) is 45.2 Å². The number of methoxy groups -OCH3 is 1. The van der Waals surface area contributed by atoms with Crippen molar-refractivity contribution in [1.29, 1.82) is 0 Å². The molecule has 0 unspecified atom stereocenters. The lowest BCUT2D eigenvalue weighted by Crippen LogP contribution is -2.48. The third-order valence-electron chi connectivity index (χ3n) is 3.59. The largest absolute Gasteiger partial charge is 0.467 e. The summed E-state index contributed by atoms with van der Waals surface area (Å²) in [5, 5.41) is 4.28. The summed E-state index contributed by atoms with van der Waals surface area (Å²) in [4.78, 5) is 25.9. The molecule has 2 heterocycles. The number of ether oxygens (including phenoxy) is 1. The highest BCUT2D eigenvalue weighted by molar-refractivity contribution is 5.95. The fraction of sp³-hybridized carbons (Fsp3) is 0.643. The Kier molecular flexibility index (Phi) is 4.42. The molecule has 0 aromatic carbocycles. The maximum Gasteiger partial charge on any atom is 0.328 e. The molecule has 110 valence electrons. The van der Waals surface area contributed by atoms with Gasteiger partial charge in [-0.3, -0.25) is 9.48 Å². The van der Waals surface area contributed by atoms with Crippen LogP contribution >= 0.6 is 0 Å². The van der Waals surface area contributed by atoms with Gasteiger partial charge in [0.25, 0.3) is 5.91 Å². The fourth-order valence-electron chi connectivity index (χ4n) is 2.44. The summed E-state index contributed by atoms with van der Waals surface area (Å²) in [7, 11) is 1.35. The lowest BCUT2D eigenvalue weighted by molar-refractivity contribution is -0.147. The second kappa shape index (κ2) is 6.07. The van der Waals surface area contributed by atoms with Crippen molar-refractivity contribution < 1.29 is 14.3 Å². The van der Waals surface area contributed by atoms with Gasteiger partial charge >= 0.3 is 5.97 Å². The highest BCUT2D eigenvalue weighted by atomic mass is 16.5. The van der Waals surface area contributed by atoms with E-state index in [0.29, 0.717) is 18.7 Å². The molecule has 1 aliphatic heterocycles. The van der Waals surface area contributed by atoms with Crippen LogP contribution in [0.25, 0.3) is 0 Å². The van der Waals surface area contributed by atoms with E-state index in [4.69, 9.17) is 4.74 Å². The Morgan fingerprint density at radius 3 is 2.75 bits per heavy atom. The van der Waals surface area contributed by atoms with E-state index in [1.807, 2.05) is 13.8 Å². The average Bonchev–Trinajstić information content (AvgIpc) is 2.95. The molecule has 0 N–H and O–H groups in total. The van der Waals surface area contributed by atoms with E-state index in [-0.39, 0.29) is 17.9 Å². The van der Waals surface area contributed by atoms with Crippen LogP contribution in [-0.2, 0) is 9.53 Å². The van der Waals surface area contributed by atoms with E-state index in [9.17, 15) is 9.59 Å². The van der Waals surface area contributed by atoms with Crippen LogP contribution in [0.3, 0.4) is 0 Å². The molecule has 1 aliphatic rings. The zero-order chi connectivity index (χ0) is 14.7. The number of amides is 1. The zero-order valence-electron chi connectivity index (χ0n) is 12.2. The number of hydrogen-bond donors (Lipinski definition) is 0. The first-order valence-electron chi connectivity index (χ1n) is 6.98. The summed E-state index contributed by atoms with van der Waals surface area (Å²) < 4.78 is 6.53. The number of piperidine rings is 1. The molecule has 2 rings (SSSR count). The Balaban J connectivity index is 2.18. The van der Waals surface area contributed by atoms with Gasteiger partial charge in [0, 0.05) is 18.8 Å². The van der Waals surface area contributed by atoms with Gasteiger partial charge in [0.2, 0.25) is 0 Å². The molecule has 0 aliphatic carbocycles. The smallest absolute Gasteiger partial charge is 0.328 e. The van der Waals surface area contributed by atoms with Crippen LogP contribution in [0.5, 0.6) is 0 Å². The number of hydrogen-bond acceptors (Lipinski definition) is 4. The van der Waals surface area contributed by atoms with Crippen molar-refractivity contribution in [2.75, 3.05) is 13.7 Å². The molecular formula is C14H21N3O3. The minimum absolute atomic E-state index is 0.195. The molecule has 0 spiro atoms. The van der Waals surface area contributed by atoms with Crippen molar-refractivity contribution in [3.05, 3.63) is 18.0 Å². The predicted molar refractivity (Wildman–Crippen MR) is 73.3 cm³/mol. The monoisotopic (exact) mass is 279 g/mol. The molecule has 1 atom stereocenters. The molecule has 0 radical (unpaired) electrons. The molecule has 1 saturated heterocycles. The van der Waals surface area contributed by atoms with Gasteiger partial charge < -0.3 is 9.64 Å². The number of aromatic nitrogens is 2. The molecule has 1 aromatic heterocycles. The predicted octanol–water partition coefficient (Wildman–Crippen LogP) is 1.63. The quantitative estimate of drug-likeness (QED) is 0.789. The Bertz CT molecular complexity index is 496. The SMILES string of the molecule is COC(=O)[C@H]1CCCCN1C(=O)c1ccn(C(C)C)n1. The molecule has 1 aromatic rings. The number of likely N-dealkylation sites (tertiary alicyclic amines) is 1. The van der Waals surface area contributed by atoms with Crippen molar-refractivity contribution in [3.63, 3.8) is 0 Å². The van der Waals surface area contributed by atoms with Crippen LogP contribution in [0, 0.1) is 0 Å². The Morgan fingerprint density at radius 2 is 2.15 bits per heavy atom. The van der Waals surface area contributed by atoms with E-state index in [1.165, 1.54) is 7.11 Å². The summed E-state index contributed by atoms with van der Waals surface area (Å²) >= 11 is 0. The van der Waals surface area contributed by atoms with Gasteiger partial charge in [-0.2, -0.15) is 5.10 Å².